The second-order valence-corrected chi connectivity index (χ2v) is 7.15. The lowest BCUT2D eigenvalue weighted by atomic mass is 9.94. The molecule has 1 aliphatic carbocycles. The summed E-state index contributed by atoms with van der Waals surface area (Å²) in [5.74, 6) is -0.136. The van der Waals surface area contributed by atoms with Gasteiger partial charge >= 0.3 is 5.97 Å². The van der Waals surface area contributed by atoms with Gasteiger partial charge in [0.05, 0.1) is 0 Å². The minimum atomic E-state index is -0.899. The van der Waals surface area contributed by atoms with Gasteiger partial charge in [0, 0.05) is 17.6 Å². The van der Waals surface area contributed by atoms with Gasteiger partial charge in [0.2, 0.25) is 5.76 Å². The van der Waals surface area contributed by atoms with Gasteiger partial charge in [-0.25, -0.2) is 9.78 Å². The predicted octanol–water partition coefficient (Wildman–Crippen LogP) is 3.96. The number of hydrogen-bond donors (Lipinski definition) is 0. The van der Waals surface area contributed by atoms with Crippen molar-refractivity contribution in [2.45, 2.75) is 58.1 Å². The number of thiazole rings is 1. The van der Waals surface area contributed by atoms with Crippen LogP contribution < -0.4 is 4.90 Å². The number of rotatable bonds is 5. The predicted molar refractivity (Wildman–Crippen MR) is 94.8 cm³/mol. The van der Waals surface area contributed by atoms with Crippen LogP contribution >= 0.6 is 11.3 Å². The summed E-state index contributed by atoms with van der Waals surface area (Å²) >= 11 is 1.42. The van der Waals surface area contributed by atoms with Gasteiger partial charge in [-0.2, -0.15) is 0 Å². The van der Waals surface area contributed by atoms with Crippen molar-refractivity contribution in [1.82, 2.24) is 4.98 Å². The highest BCUT2D eigenvalue weighted by atomic mass is 32.1. The number of ether oxygens (including phenoxy) is 1. The molecule has 0 aromatic carbocycles. The smallest absolute Gasteiger partial charge is 0.375 e. The van der Waals surface area contributed by atoms with Crippen molar-refractivity contribution in [3.8, 4) is 0 Å². The molecule has 25 heavy (non-hydrogen) atoms. The van der Waals surface area contributed by atoms with Gasteiger partial charge in [0.1, 0.15) is 5.76 Å². The number of amides is 1. The quantitative estimate of drug-likeness (QED) is 0.753. The maximum atomic E-state index is 13.0. The number of carbonyl (C=O) groups is 2. The van der Waals surface area contributed by atoms with Crippen molar-refractivity contribution < 1.29 is 18.7 Å². The van der Waals surface area contributed by atoms with E-state index in [1.807, 2.05) is 5.38 Å². The Morgan fingerprint density at radius 2 is 2.08 bits per heavy atom. The summed E-state index contributed by atoms with van der Waals surface area (Å²) in [7, 11) is 0. The molecule has 1 atom stereocenters. The molecule has 0 unspecified atom stereocenters. The first kappa shape index (κ1) is 17.7. The van der Waals surface area contributed by atoms with Crippen molar-refractivity contribution in [2.75, 3.05) is 4.90 Å². The molecule has 0 radical (unpaired) electrons. The van der Waals surface area contributed by atoms with Crippen molar-refractivity contribution >= 4 is 28.3 Å². The second kappa shape index (κ2) is 7.82. The molecular formula is C18H22N2O4S. The molecular weight excluding hydrogens is 340 g/mol. The minimum Gasteiger partial charge on any atom is -0.454 e. The molecule has 7 heteroatoms. The summed E-state index contributed by atoms with van der Waals surface area (Å²) in [6.45, 7) is 3.35. The number of furan rings is 1. The van der Waals surface area contributed by atoms with Crippen LogP contribution in [0, 0.1) is 6.92 Å². The lowest BCUT2D eigenvalue weighted by molar-refractivity contribution is -0.127. The standard InChI is InChI=1S/C18H22N2O4S/c1-12-8-9-15(23-12)17(22)24-13(2)16(21)20(18-19-10-11-25-18)14-6-4-3-5-7-14/h8-11,13-14H,3-7H2,1-2H3/t13-/m1/s1. The topological polar surface area (TPSA) is 72.6 Å². The van der Waals surface area contributed by atoms with Gasteiger partial charge < -0.3 is 9.15 Å². The molecule has 2 aromatic rings. The maximum absolute atomic E-state index is 13.0. The summed E-state index contributed by atoms with van der Waals surface area (Å²) in [6.07, 6.45) is 6.07. The Kier molecular flexibility index (Phi) is 5.53. The molecule has 0 N–H and O–H groups in total. The highest BCUT2D eigenvalue weighted by Crippen LogP contribution is 2.29. The second-order valence-electron chi connectivity index (χ2n) is 6.27. The van der Waals surface area contributed by atoms with E-state index in [2.05, 4.69) is 4.98 Å². The number of nitrogens with zero attached hydrogens (tertiary/aromatic N) is 2. The number of aromatic nitrogens is 1. The van der Waals surface area contributed by atoms with Gasteiger partial charge in [-0.05, 0) is 38.8 Å². The molecule has 1 saturated carbocycles. The lowest BCUT2D eigenvalue weighted by Gasteiger charge is -2.33. The fourth-order valence-electron chi connectivity index (χ4n) is 3.11. The van der Waals surface area contributed by atoms with Gasteiger partial charge in [0.25, 0.3) is 5.91 Å². The molecule has 0 aliphatic heterocycles. The van der Waals surface area contributed by atoms with Crippen LogP contribution in [0.25, 0.3) is 0 Å². The van der Waals surface area contributed by atoms with E-state index >= 15 is 0 Å². The van der Waals surface area contributed by atoms with E-state index in [4.69, 9.17) is 9.15 Å². The molecule has 134 valence electrons. The molecule has 1 aliphatic rings. The molecule has 0 bridgehead atoms. The van der Waals surface area contributed by atoms with Crippen LogP contribution in [-0.2, 0) is 9.53 Å². The third-order valence-corrected chi connectivity index (χ3v) is 5.15. The third-order valence-electron chi connectivity index (χ3n) is 4.38. The van der Waals surface area contributed by atoms with E-state index in [1.165, 1.54) is 17.8 Å². The van der Waals surface area contributed by atoms with Crippen LogP contribution in [0.1, 0.15) is 55.3 Å². The highest BCUT2D eigenvalue weighted by molar-refractivity contribution is 7.13. The first-order valence-electron chi connectivity index (χ1n) is 8.56. The fourth-order valence-corrected chi connectivity index (χ4v) is 3.83. The molecule has 0 saturated heterocycles. The molecule has 2 heterocycles. The van der Waals surface area contributed by atoms with Crippen LogP contribution in [0.15, 0.2) is 28.1 Å². The van der Waals surface area contributed by atoms with E-state index in [9.17, 15) is 9.59 Å². The van der Waals surface area contributed by atoms with E-state index in [0.29, 0.717) is 10.9 Å². The van der Waals surface area contributed by atoms with Gasteiger partial charge in [-0.1, -0.05) is 19.3 Å². The van der Waals surface area contributed by atoms with E-state index in [0.717, 1.165) is 25.7 Å². The largest absolute Gasteiger partial charge is 0.454 e. The Morgan fingerprint density at radius 3 is 2.68 bits per heavy atom. The average Bonchev–Trinajstić information content (AvgIpc) is 3.28. The van der Waals surface area contributed by atoms with Gasteiger partial charge in [-0.15, -0.1) is 11.3 Å². The number of aryl methyl sites for hydroxylation is 1. The zero-order chi connectivity index (χ0) is 17.8. The van der Waals surface area contributed by atoms with Crippen molar-refractivity contribution in [2.24, 2.45) is 0 Å². The Hall–Kier alpha value is -2.15. The number of hydrogen-bond acceptors (Lipinski definition) is 6. The molecule has 2 aromatic heterocycles. The Labute approximate surface area is 150 Å². The van der Waals surface area contributed by atoms with E-state index in [1.54, 1.807) is 37.1 Å². The highest BCUT2D eigenvalue weighted by Gasteiger charge is 2.33. The number of esters is 1. The number of anilines is 1. The SMILES string of the molecule is Cc1ccc(C(=O)O[C@H](C)C(=O)N(c2nccs2)C2CCCCC2)o1. The molecule has 0 spiro atoms. The van der Waals surface area contributed by atoms with Crippen LogP contribution in [0.5, 0.6) is 0 Å². The Bertz CT molecular complexity index is 719. The Balaban J connectivity index is 1.73. The fraction of sp³-hybridized carbons (Fsp3) is 0.500. The first-order valence-corrected chi connectivity index (χ1v) is 9.44. The normalized spacial score (nSPS) is 16.4. The summed E-state index contributed by atoms with van der Waals surface area (Å²) < 4.78 is 10.6. The van der Waals surface area contributed by atoms with Crippen LogP contribution in [0.4, 0.5) is 5.13 Å². The van der Waals surface area contributed by atoms with Crippen molar-refractivity contribution in [3.05, 3.63) is 35.2 Å². The maximum Gasteiger partial charge on any atom is 0.375 e. The Morgan fingerprint density at radius 1 is 1.32 bits per heavy atom. The molecule has 3 rings (SSSR count). The zero-order valence-electron chi connectivity index (χ0n) is 14.4. The molecule has 6 nitrogen and oxygen atoms in total. The molecule has 1 amide bonds. The monoisotopic (exact) mass is 362 g/mol. The van der Waals surface area contributed by atoms with Gasteiger partial charge in [0.15, 0.2) is 11.2 Å². The lowest BCUT2D eigenvalue weighted by Crippen LogP contribution is -2.47. The summed E-state index contributed by atoms with van der Waals surface area (Å²) in [5.41, 5.74) is 0. The van der Waals surface area contributed by atoms with Gasteiger partial charge in [-0.3, -0.25) is 9.69 Å². The van der Waals surface area contributed by atoms with Crippen molar-refractivity contribution in [1.29, 1.82) is 0 Å². The first-order chi connectivity index (χ1) is 12.1. The minimum absolute atomic E-state index is 0.107. The van der Waals surface area contributed by atoms with E-state index in [-0.39, 0.29) is 17.7 Å². The average molecular weight is 362 g/mol. The summed E-state index contributed by atoms with van der Waals surface area (Å²) in [6, 6.07) is 3.35. The van der Waals surface area contributed by atoms with E-state index < -0.39 is 12.1 Å². The van der Waals surface area contributed by atoms with Crippen LogP contribution in [0.3, 0.4) is 0 Å². The van der Waals surface area contributed by atoms with Crippen molar-refractivity contribution in [3.63, 3.8) is 0 Å². The van der Waals surface area contributed by atoms with Crippen LogP contribution in [-0.4, -0.2) is 29.0 Å². The number of carbonyl (C=O) groups excluding carboxylic acids is 2. The zero-order valence-corrected chi connectivity index (χ0v) is 15.3. The summed E-state index contributed by atoms with van der Waals surface area (Å²) in [5, 5.41) is 2.51. The third kappa shape index (κ3) is 4.10. The molecule has 1 fully saturated rings. The summed E-state index contributed by atoms with van der Waals surface area (Å²) in [4.78, 5) is 31.2. The van der Waals surface area contributed by atoms with Crippen LogP contribution in [0.2, 0.25) is 0 Å².